The predicted molar refractivity (Wildman–Crippen MR) is 31.8 cm³/mol. The van der Waals surface area contributed by atoms with E-state index >= 15 is 0 Å². The summed E-state index contributed by atoms with van der Waals surface area (Å²) < 4.78 is 34.7. The van der Waals surface area contributed by atoms with Crippen LogP contribution in [0.15, 0.2) is 10.1 Å². The highest BCUT2D eigenvalue weighted by atomic mass is 19.4. The fourth-order valence-corrected chi connectivity index (χ4v) is 0.302. The molecule has 0 aliphatic carbocycles. The summed E-state index contributed by atoms with van der Waals surface area (Å²) in [5.41, 5.74) is 0. The molecule has 0 bridgehead atoms. The molecule has 3 nitrogen and oxygen atoms in total. The van der Waals surface area contributed by atoms with Gasteiger partial charge in [0, 0.05) is 6.21 Å². The van der Waals surface area contributed by atoms with Crippen LogP contribution in [0.1, 0.15) is 6.92 Å². The molecule has 0 saturated carbocycles. The maximum Gasteiger partial charge on any atom is 0.453 e. The smallest absolute Gasteiger partial charge is 0.321 e. The van der Waals surface area contributed by atoms with E-state index in [2.05, 4.69) is 15.9 Å². The zero-order valence-corrected chi connectivity index (χ0v) is 5.18. The molecule has 0 saturated heterocycles. The SMILES string of the molecule is CC=N/C(=N\N)C(F)(F)F. The molecule has 0 rings (SSSR count). The molecule has 58 valence electrons. The molecule has 0 radical (unpaired) electrons. The van der Waals surface area contributed by atoms with Crippen LogP contribution < -0.4 is 5.84 Å². The lowest BCUT2D eigenvalue weighted by molar-refractivity contribution is -0.0598. The van der Waals surface area contributed by atoms with Crippen molar-refractivity contribution in [3.8, 4) is 0 Å². The van der Waals surface area contributed by atoms with Gasteiger partial charge in [0.1, 0.15) is 0 Å². The minimum absolute atomic E-state index is 0.971. The van der Waals surface area contributed by atoms with Crippen molar-refractivity contribution < 1.29 is 13.2 Å². The van der Waals surface area contributed by atoms with Crippen LogP contribution in [0.5, 0.6) is 0 Å². The molecule has 2 N–H and O–H groups in total. The van der Waals surface area contributed by atoms with Crippen molar-refractivity contribution >= 4 is 12.1 Å². The van der Waals surface area contributed by atoms with Crippen LogP contribution in [-0.2, 0) is 0 Å². The van der Waals surface area contributed by atoms with Gasteiger partial charge in [-0.1, -0.05) is 0 Å². The largest absolute Gasteiger partial charge is 0.453 e. The van der Waals surface area contributed by atoms with Crippen molar-refractivity contribution in [3.05, 3.63) is 0 Å². The molecule has 0 aliphatic rings. The third kappa shape index (κ3) is 2.47. The Morgan fingerprint density at radius 2 is 2.00 bits per heavy atom. The van der Waals surface area contributed by atoms with Gasteiger partial charge in [0.15, 0.2) is 0 Å². The number of hydrogen-bond acceptors (Lipinski definition) is 2. The summed E-state index contributed by atoms with van der Waals surface area (Å²) >= 11 is 0. The van der Waals surface area contributed by atoms with E-state index in [0.717, 1.165) is 6.21 Å². The van der Waals surface area contributed by atoms with Crippen LogP contribution in [-0.4, -0.2) is 18.2 Å². The topological polar surface area (TPSA) is 50.7 Å². The lowest BCUT2D eigenvalue weighted by Gasteiger charge is -2.01. The second-order valence-electron chi connectivity index (χ2n) is 1.34. The molecular weight excluding hydrogens is 147 g/mol. The fourth-order valence-electron chi connectivity index (χ4n) is 0.302. The summed E-state index contributed by atoms with van der Waals surface area (Å²) in [5.74, 6) is 3.08. The Hall–Kier alpha value is -1.07. The van der Waals surface area contributed by atoms with Crippen LogP contribution >= 0.6 is 0 Å². The highest BCUT2D eigenvalue weighted by Crippen LogP contribution is 2.16. The third-order valence-corrected chi connectivity index (χ3v) is 0.627. The van der Waals surface area contributed by atoms with Crippen LogP contribution in [0.25, 0.3) is 0 Å². The first-order chi connectivity index (χ1) is 4.52. The normalized spacial score (nSPS) is 14.6. The van der Waals surface area contributed by atoms with E-state index in [1.54, 1.807) is 0 Å². The summed E-state index contributed by atoms with van der Waals surface area (Å²) in [6, 6.07) is 0. The van der Waals surface area contributed by atoms with Crippen molar-refractivity contribution in [3.63, 3.8) is 0 Å². The van der Waals surface area contributed by atoms with Crippen molar-refractivity contribution in [1.29, 1.82) is 0 Å². The van der Waals surface area contributed by atoms with Gasteiger partial charge in [-0.2, -0.15) is 18.3 Å². The second kappa shape index (κ2) is 3.19. The number of hydrazone groups is 1. The lowest BCUT2D eigenvalue weighted by atomic mass is 10.6. The van der Waals surface area contributed by atoms with E-state index in [4.69, 9.17) is 0 Å². The van der Waals surface area contributed by atoms with Gasteiger partial charge in [0.25, 0.3) is 5.84 Å². The number of halogens is 3. The summed E-state index contributed by atoms with van der Waals surface area (Å²) in [6.07, 6.45) is -3.58. The van der Waals surface area contributed by atoms with Crippen molar-refractivity contribution in [2.45, 2.75) is 13.1 Å². The number of aliphatic imine (C=N–C) groups is 1. The van der Waals surface area contributed by atoms with Crippen molar-refractivity contribution in [2.24, 2.45) is 15.9 Å². The fraction of sp³-hybridized carbons (Fsp3) is 0.500. The van der Waals surface area contributed by atoms with Crippen LogP contribution in [0.3, 0.4) is 0 Å². The Labute approximate surface area is 55.4 Å². The molecule has 10 heavy (non-hydrogen) atoms. The van der Waals surface area contributed by atoms with Gasteiger partial charge >= 0.3 is 6.18 Å². The molecular formula is C4H6F3N3. The Morgan fingerprint density at radius 3 is 2.10 bits per heavy atom. The van der Waals surface area contributed by atoms with E-state index in [9.17, 15) is 13.2 Å². The molecule has 0 aliphatic heterocycles. The molecule has 0 atom stereocenters. The Bertz CT molecular complexity index is 158. The molecule has 0 aromatic carbocycles. The summed E-state index contributed by atoms with van der Waals surface area (Å²) in [5, 5.41) is 2.44. The van der Waals surface area contributed by atoms with Crippen LogP contribution in [0.2, 0.25) is 0 Å². The Balaban J connectivity index is 4.39. The zero-order valence-electron chi connectivity index (χ0n) is 5.18. The number of amidine groups is 1. The van der Waals surface area contributed by atoms with Gasteiger partial charge in [-0.15, -0.1) is 0 Å². The molecule has 0 aromatic heterocycles. The second-order valence-corrected chi connectivity index (χ2v) is 1.34. The molecule has 6 heteroatoms. The molecule has 0 amide bonds. The van der Waals surface area contributed by atoms with E-state index in [-0.39, 0.29) is 0 Å². The summed E-state index contributed by atoms with van der Waals surface area (Å²) in [4.78, 5) is 2.89. The number of nitrogens with two attached hydrogens (primary N) is 1. The highest BCUT2D eigenvalue weighted by molar-refractivity contribution is 5.93. The van der Waals surface area contributed by atoms with Crippen molar-refractivity contribution in [1.82, 2.24) is 0 Å². The lowest BCUT2D eigenvalue weighted by Crippen LogP contribution is -2.22. The first kappa shape index (κ1) is 8.93. The summed E-state index contributed by atoms with van der Waals surface area (Å²) in [6.45, 7) is 1.34. The molecule has 0 fully saturated rings. The van der Waals surface area contributed by atoms with Gasteiger partial charge in [0.2, 0.25) is 0 Å². The first-order valence-electron chi connectivity index (χ1n) is 2.36. The van der Waals surface area contributed by atoms with Crippen LogP contribution in [0, 0.1) is 0 Å². The monoisotopic (exact) mass is 153 g/mol. The van der Waals surface area contributed by atoms with Gasteiger partial charge in [-0.3, -0.25) is 0 Å². The minimum Gasteiger partial charge on any atom is -0.321 e. The standard InChI is InChI=1S/C4H6F3N3/c1-2-9-3(10-8)4(5,6)7/h2H,8H2,1H3/b9-2?,10-3-. The van der Waals surface area contributed by atoms with Gasteiger partial charge in [0.05, 0.1) is 0 Å². The van der Waals surface area contributed by atoms with Crippen molar-refractivity contribution in [2.75, 3.05) is 0 Å². The molecule has 0 aromatic rings. The maximum absolute atomic E-state index is 11.6. The third-order valence-electron chi connectivity index (χ3n) is 0.627. The molecule has 0 heterocycles. The van der Waals surface area contributed by atoms with Gasteiger partial charge in [-0.05, 0) is 6.92 Å². The maximum atomic E-state index is 11.6. The Kier molecular flexibility index (Phi) is 2.85. The predicted octanol–water partition coefficient (Wildman–Crippen LogP) is 0.912. The van der Waals surface area contributed by atoms with E-state index in [1.165, 1.54) is 6.92 Å². The van der Waals surface area contributed by atoms with Crippen LogP contribution in [0.4, 0.5) is 13.2 Å². The molecule has 0 unspecified atom stereocenters. The molecule has 0 spiro atoms. The summed E-state index contributed by atoms with van der Waals surface area (Å²) in [7, 11) is 0. The van der Waals surface area contributed by atoms with Gasteiger partial charge in [-0.25, -0.2) is 4.99 Å². The minimum atomic E-state index is -4.55. The average molecular weight is 153 g/mol. The van der Waals surface area contributed by atoms with E-state index in [0.29, 0.717) is 0 Å². The Morgan fingerprint density at radius 1 is 1.50 bits per heavy atom. The first-order valence-corrected chi connectivity index (χ1v) is 2.36. The highest BCUT2D eigenvalue weighted by Gasteiger charge is 2.35. The van der Waals surface area contributed by atoms with E-state index < -0.39 is 12.0 Å². The number of nitrogens with zero attached hydrogens (tertiary/aromatic N) is 2. The number of alkyl halides is 3. The zero-order chi connectivity index (χ0) is 8.20. The van der Waals surface area contributed by atoms with Gasteiger partial charge < -0.3 is 5.84 Å². The average Bonchev–Trinajstić information content (AvgIpc) is 1.80. The number of hydrogen-bond donors (Lipinski definition) is 1. The number of rotatable bonds is 0. The van der Waals surface area contributed by atoms with E-state index in [1.807, 2.05) is 0 Å². The quantitative estimate of drug-likeness (QED) is 0.239.